The van der Waals surface area contributed by atoms with Crippen molar-refractivity contribution in [3.8, 4) is 22.6 Å². The molecule has 5 rings (SSSR count). The Morgan fingerprint density at radius 1 is 0.932 bits per heavy atom. The lowest BCUT2D eigenvalue weighted by molar-refractivity contribution is -0.114. The van der Waals surface area contributed by atoms with Crippen molar-refractivity contribution in [1.29, 1.82) is 0 Å². The second kappa shape index (κ2) is 14.6. The zero-order valence-corrected chi connectivity index (χ0v) is 26.1. The number of aliphatic hydroxyl groups is 1. The van der Waals surface area contributed by atoms with Crippen LogP contribution >= 0.6 is 12.4 Å². The summed E-state index contributed by atoms with van der Waals surface area (Å²) in [5.41, 5.74) is 7.22. The van der Waals surface area contributed by atoms with Crippen molar-refractivity contribution in [2.75, 3.05) is 36.0 Å². The first-order valence-electron chi connectivity index (χ1n) is 14.0. The highest BCUT2D eigenvalue weighted by Crippen LogP contribution is 2.39. The van der Waals surface area contributed by atoms with E-state index in [1.165, 1.54) is 23.6 Å². The van der Waals surface area contributed by atoms with E-state index in [0.717, 1.165) is 35.2 Å². The molecule has 1 amide bonds. The zero-order chi connectivity index (χ0) is 30.4. The van der Waals surface area contributed by atoms with Crippen molar-refractivity contribution >= 4 is 39.7 Å². The van der Waals surface area contributed by atoms with Gasteiger partial charge in [-0.3, -0.25) is 9.52 Å². The number of amides is 1. The number of halogens is 1. The molecule has 0 spiro atoms. The highest BCUT2D eigenvalue weighted by atomic mass is 35.5. The number of rotatable bonds is 13. The molecule has 44 heavy (non-hydrogen) atoms. The third kappa shape index (κ3) is 8.73. The van der Waals surface area contributed by atoms with Crippen LogP contribution in [0.5, 0.6) is 11.5 Å². The Labute approximate surface area is 264 Å². The van der Waals surface area contributed by atoms with Crippen molar-refractivity contribution in [2.24, 2.45) is 0 Å². The molecule has 11 heteroatoms. The Morgan fingerprint density at radius 3 is 2.39 bits per heavy atom. The van der Waals surface area contributed by atoms with E-state index in [1.54, 1.807) is 18.2 Å². The minimum absolute atomic E-state index is 0. The number of ether oxygens (including phenoxy) is 2. The van der Waals surface area contributed by atoms with Gasteiger partial charge < -0.3 is 25.2 Å². The number of anilines is 2. The number of carbonyl (C=O) groups excluding carboxylic acids is 1. The van der Waals surface area contributed by atoms with E-state index in [-0.39, 0.29) is 37.2 Å². The van der Waals surface area contributed by atoms with Crippen molar-refractivity contribution in [3.05, 3.63) is 107 Å². The van der Waals surface area contributed by atoms with Gasteiger partial charge in [-0.15, -0.1) is 12.4 Å². The monoisotopic (exact) mass is 637 g/mol. The van der Waals surface area contributed by atoms with Gasteiger partial charge >= 0.3 is 0 Å². The van der Waals surface area contributed by atoms with Crippen LogP contribution in [0, 0.1) is 0 Å². The van der Waals surface area contributed by atoms with Crippen LogP contribution in [0.25, 0.3) is 11.1 Å². The fourth-order valence-electron chi connectivity index (χ4n) is 5.05. The Hall–Kier alpha value is -4.09. The van der Waals surface area contributed by atoms with Crippen molar-refractivity contribution in [3.63, 3.8) is 0 Å². The lowest BCUT2D eigenvalue weighted by Gasteiger charge is -2.17. The number of nitrogens with one attached hydrogen (secondary N) is 3. The predicted octanol–water partition coefficient (Wildman–Crippen LogP) is 5.29. The van der Waals surface area contributed by atoms with Crippen LogP contribution in [0.15, 0.2) is 84.9 Å². The molecule has 0 aliphatic heterocycles. The number of hydrogen-bond acceptors (Lipinski definition) is 7. The van der Waals surface area contributed by atoms with Gasteiger partial charge in [0.2, 0.25) is 15.9 Å². The molecule has 0 bridgehead atoms. The Kier molecular flexibility index (Phi) is 10.9. The number of aliphatic hydroxyl groups excluding tert-OH is 1. The van der Waals surface area contributed by atoms with Gasteiger partial charge in [-0.1, -0.05) is 48.5 Å². The molecule has 1 aliphatic carbocycles. The summed E-state index contributed by atoms with van der Waals surface area (Å²) in [4.78, 5) is 11.4. The van der Waals surface area contributed by atoms with Gasteiger partial charge in [0, 0.05) is 25.7 Å². The van der Waals surface area contributed by atoms with E-state index >= 15 is 0 Å². The molecule has 0 heterocycles. The number of sulfonamides is 1. The van der Waals surface area contributed by atoms with Gasteiger partial charge in [0.25, 0.3) is 0 Å². The summed E-state index contributed by atoms with van der Waals surface area (Å²) in [7, 11) is -3.56. The highest BCUT2D eigenvalue weighted by molar-refractivity contribution is 7.92. The van der Waals surface area contributed by atoms with Gasteiger partial charge in [0.1, 0.15) is 24.7 Å². The second-order valence-corrected chi connectivity index (χ2v) is 12.3. The van der Waals surface area contributed by atoms with Crippen LogP contribution in [0.1, 0.15) is 35.3 Å². The molecule has 4 N–H and O–H groups in total. The lowest BCUT2D eigenvalue weighted by Crippen LogP contribution is -2.26. The summed E-state index contributed by atoms with van der Waals surface area (Å²) in [6.07, 6.45) is 0.971. The maximum absolute atomic E-state index is 12.0. The van der Waals surface area contributed by atoms with Gasteiger partial charge in [0.05, 0.1) is 18.0 Å². The summed E-state index contributed by atoms with van der Waals surface area (Å²) >= 11 is 0. The van der Waals surface area contributed by atoms with Crippen molar-refractivity contribution in [1.82, 2.24) is 5.32 Å². The maximum atomic E-state index is 12.0. The highest BCUT2D eigenvalue weighted by Gasteiger charge is 2.20. The van der Waals surface area contributed by atoms with Gasteiger partial charge in [-0.2, -0.15) is 0 Å². The molecule has 0 saturated carbocycles. The van der Waals surface area contributed by atoms with E-state index in [0.29, 0.717) is 24.5 Å². The summed E-state index contributed by atoms with van der Waals surface area (Å²) in [5, 5.41) is 16.8. The molecule has 4 aromatic carbocycles. The lowest BCUT2D eigenvalue weighted by atomic mass is 10.1. The van der Waals surface area contributed by atoms with Crippen molar-refractivity contribution in [2.45, 2.75) is 26.1 Å². The van der Waals surface area contributed by atoms with Crippen LogP contribution in [-0.2, 0) is 27.8 Å². The molecule has 1 aliphatic rings. The SMILES string of the molecule is CC(=O)Nc1ccc2c(c1)Cc1cc(OCCNCC(O)c3ccc(OCc4ccccc4)c(NS(C)(=O)=O)c3)ccc1-2.Cl. The normalized spacial score (nSPS) is 12.3. The minimum atomic E-state index is -3.56. The first-order chi connectivity index (χ1) is 20.6. The smallest absolute Gasteiger partial charge is 0.229 e. The Bertz CT molecular complexity index is 1720. The molecule has 4 aromatic rings. The van der Waals surface area contributed by atoms with Crippen LogP contribution < -0.4 is 24.8 Å². The summed E-state index contributed by atoms with van der Waals surface area (Å²) < 4.78 is 38.2. The molecule has 232 valence electrons. The van der Waals surface area contributed by atoms with E-state index in [2.05, 4.69) is 21.4 Å². The number of carbonyl (C=O) groups is 1. The fourth-order valence-corrected chi connectivity index (χ4v) is 5.61. The number of hydrogen-bond donors (Lipinski definition) is 4. The molecule has 0 fully saturated rings. The van der Waals surface area contributed by atoms with Gasteiger partial charge in [0.15, 0.2) is 0 Å². The van der Waals surface area contributed by atoms with E-state index < -0.39 is 16.1 Å². The van der Waals surface area contributed by atoms with Gasteiger partial charge in [-0.25, -0.2) is 8.42 Å². The molecule has 0 aromatic heterocycles. The quantitative estimate of drug-likeness (QED) is 0.129. The van der Waals surface area contributed by atoms with Crippen molar-refractivity contribution < 1.29 is 27.8 Å². The summed E-state index contributed by atoms with van der Waals surface area (Å²) in [6.45, 7) is 2.93. The third-order valence-electron chi connectivity index (χ3n) is 6.98. The third-order valence-corrected chi connectivity index (χ3v) is 7.57. The average molecular weight is 638 g/mol. The van der Waals surface area contributed by atoms with Crippen LogP contribution in [0.4, 0.5) is 11.4 Å². The maximum Gasteiger partial charge on any atom is 0.229 e. The van der Waals surface area contributed by atoms with E-state index in [9.17, 15) is 18.3 Å². The van der Waals surface area contributed by atoms with E-state index in [1.807, 2.05) is 60.7 Å². The second-order valence-electron chi connectivity index (χ2n) is 10.5. The summed E-state index contributed by atoms with van der Waals surface area (Å²) in [5.74, 6) is 1.04. The first-order valence-corrected chi connectivity index (χ1v) is 15.9. The molecule has 1 atom stereocenters. The Morgan fingerprint density at radius 2 is 1.66 bits per heavy atom. The van der Waals surface area contributed by atoms with E-state index in [4.69, 9.17) is 9.47 Å². The standard InChI is InChI=1S/C33H35N3O6S.ClH/c1-22(37)35-27-9-11-29-25(17-27)16-26-18-28(10-12-30(26)29)41-15-14-34-20-32(38)24-8-13-33(31(19-24)36-43(2,39)40)42-21-23-6-4-3-5-7-23;/h3-13,17-19,32,34,36,38H,14-16,20-21H2,1-2H3,(H,35,37);1H. The molecular formula is C33H36ClN3O6S. The minimum Gasteiger partial charge on any atom is -0.492 e. The molecule has 0 radical (unpaired) electrons. The predicted molar refractivity (Wildman–Crippen MR) is 175 cm³/mol. The average Bonchev–Trinajstić information content (AvgIpc) is 3.32. The molecule has 9 nitrogen and oxygen atoms in total. The largest absolute Gasteiger partial charge is 0.492 e. The molecular weight excluding hydrogens is 602 g/mol. The molecule has 0 saturated heterocycles. The summed E-state index contributed by atoms with van der Waals surface area (Å²) in [6, 6.07) is 26.5. The number of fused-ring (bicyclic) bond motifs is 3. The zero-order valence-electron chi connectivity index (χ0n) is 24.5. The number of benzene rings is 4. The topological polar surface area (TPSA) is 126 Å². The molecule has 1 unspecified atom stereocenters. The van der Waals surface area contributed by atoms with Crippen LogP contribution in [0.3, 0.4) is 0 Å². The van der Waals surface area contributed by atoms with Crippen LogP contribution in [-0.4, -0.2) is 45.4 Å². The Balaban J connectivity index is 0.00000442. The van der Waals surface area contributed by atoms with Gasteiger partial charge in [-0.05, 0) is 76.2 Å². The van der Waals surface area contributed by atoms with Crippen LogP contribution in [0.2, 0.25) is 0 Å². The first kappa shape index (κ1) is 32.8. The fraction of sp³-hybridized carbons (Fsp3) is 0.242.